The van der Waals surface area contributed by atoms with Crippen LogP contribution in [0.25, 0.3) is 0 Å². The Kier molecular flexibility index (Phi) is 3.42. The number of nitrogens with one attached hydrogen (secondary N) is 2. The van der Waals surface area contributed by atoms with E-state index in [0.29, 0.717) is 17.1 Å². The minimum absolute atomic E-state index is 0.125. The van der Waals surface area contributed by atoms with Gasteiger partial charge in [0.25, 0.3) is 0 Å². The van der Waals surface area contributed by atoms with Crippen LogP contribution in [0.4, 0.5) is 0 Å². The van der Waals surface area contributed by atoms with Gasteiger partial charge in [0.05, 0.1) is 0 Å². The Balaban J connectivity index is 1.58. The summed E-state index contributed by atoms with van der Waals surface area (Å²) in [5.74, 6) is 1.31. The number of benzene rings is 1. The van der Waals surface area contributed by atoms with E-state index in [0.717, 1.165) is 11.3 Å². The first kappa shape index (κ1) is 12.7. The van der Waals surface area contributed by atoms with Gasteiger partial charge in [-0.1, -0.05) is 6.07 Å². The fourth-order valence-corrected chi connectivity index (χ4v) is 2.49. The predicted octanol–water partition coefficient (Wildman–Crippen LogP) is 1.07. The molecule has 0 spiro atoms. The number of thiazole rings is 1. The number of nitrogens with zero attached hydrogens (tertiary/aromatic N) is 1. The molecule has 6 nitrogen and oxygen atoms in total. The number of carbonyl (C=O) groups excluding carboxylic acids is 1. The van der Waals surface area contributed by atoms with Crippen molar-refractivity contribution >= 4 is 17.2 Å². The van der Waals surface area contributed by atoms with Gasteiger partial charge in [-0.05, 0) is 17.7 Å². The maximum Gasteiger partial charge on any atom is 0.240 e. The van der Waals surface area contributed by atoms with Crippen molar-refractivity contribution in [3.8, 4) is 11.5 Å². The van der Waals surface area contributed by atoms with Crippen molar-refractivity contribution in [2.24, 2.45) is 0 Å². The smallest absolute Gasteiger partial charge is 0.240 e. The molecule has 2 N–H and O–H groups in total. The van der Waals surface area contributed by atoms with Crippen molar-refractivity contribution in [2.75, 3.05) is 6.79 Å². The molecular weight excluding hydrogens is 278 g/mol. The van der Waals surface area contributed by atoms with Crippen LogP contribution in [0.3, 0.4) is 0 Å². The van der Waals surface area contributed by atoms with E-state index < -0.39 is 0 Å². The lowest BCUT2D eigenvalue weighted by Crippen LogP contribution is -2.29. The average Bonchev–Trinajstić information content (AvgIpc) is 3.05. The Bertz CT molecular complexity index is 692. The summed E-state index contributed by atoms with van der Waals surface area (Å²) < 4.78 is 12.1. The monoisotopic (exact) mass is 291 g/mol. The zero-order valence-corrected chi connectivity index (χ0v) is 11.4. The first-order valence-corrected chi connectivity index (χ1v) is 6.94. The summed E-state index contributed by atoms with van der Waals surface area (Å²) >= 11 is 1.29. The molecule has 0 unspecified atom stereocenters. The second-order valence-electron chi connectivity index (χ2n) is 4.30. The largest absolute Gasteiger partial charge is 0.454 e. The van der Waals surface area contributed by atoms with Gasteiger partial charge in [-0.15, -0.1) is 11.3 Å². The summed E-state index contributed by atoms with van der Waals surface area (Å²) in [5.41, 5.74) is 0.948. The Morgan fingerprint density at radius 1 is 1.40 bits per heavy atom. The third kappa shape index (κ3) is 2.67. The SMILES string of the molecule is N=c1sccn1CC(=O)NCc1ccc2c(c1)OCO2. The number of carbonyl (C=O) groups is 1. The van der Waals surface area contributed by atoms with Gasteiger partial charge in [-0.25, -0.2) is 0 Å². The van der Waals surface area contributed by atoms with Crippen LogP contribution < -0.4 is 19.6 Å². The second kappa shape index (κ2) is 5.38. The van der Waals surface area contributed by atoms with Gasteiger partial charge in [-0.2, -0.15) is 0 Å². The number of amides is 1. The van der Waals surface area contributed by atoms with E-state index >= 15 is 0 Å². The maximum absolute atomic E-state index is 11.8. The van der Waals surface area contributed by atoms with Crippen LogP contribution in [0.1, 0.15) is 5.56 Å². The van der Waals surface area contributed by atoms with Crippen LogP contribution in [-0.2, 0) is 17.9 Å². The van der Waals surface area contributed by atoms with E-state index in [4.69, 9.17) is 14.9 Å². The molecule has 1 aromatic heterocycles. The highest BCUT2D eigenvalue weighted by Crippen LogP contribution is 2.32. The van der Waals surface area contributed by atoms with E-state index in [9.17, 15) is 4.79 Å². The van der Waals surface area contributed by atoms with Gasteiger partial charge in [0.2, 0.25) is 12.7 Å². The quantitative estimate of drug-likeness (QED) is 0.885. The molecule has 7 heteroatoms. The molecule has 0 atom stereocenters. The Hall–Kier alpha value is -2.28. The summed E-state index contributed by atoms with van der Waals surface area (Å²) in [6, 6.07) is 5.58. The molecule has 0 saturated carbocycles. The molecule has 0 radical (unpaired) electrons. The highest BCUT2D eigenvalue weighted by Gasteiger charge is 2.13. The van der Waals surface area contributed by atoms with Crippen LogP contribution in [0.2, 0.25) is 0 Å². The summed E-state index contributed by atoms with van der Waals surface area (Å²) in [7, 11) is 0. The first-order valence-electron chi connectivity index (χ1n) is 6.06. The zero-order valence-electron chi connectivity index (χ0n) is 10.6. The van der Waals surface area contributed by atoms with E-state index in [-0.39, 0.29) is 19.2 Å². The van der Waals surface area contributed by atoms with Gasteiger partial charge in [0, 0.05) is 18.1 Å². The molecule has 0 saturated heterocycles. The lowest BCUT2D eigenvalue weighted by atomic mass is 10.2. The number of fused-ring (bicyclic) bond motifs is 1. The molecular formula is C13H13N3O3S. The van der Waals surface area contributed by atoms with Crippen molar-refractivity contribution < 1.29 is 14.3 Å². The molecule has 20 heavy (non-hydrogen) atoms. The number of hydrogen-bond donors (Lipinski definition) is 2. The standard InChI is InChI=1S/C13H13N3O3S/c14-13-16(3-4-20-13)7-12(17)15-6-9-1-2-10-11(5-9)19-8-18-10/h1-5,14H,6-8H2,(H,15,17). The predicted molar refractivity (Wildman–Crippen MR) is 72.6 cm³/mol. The Morgan fingerprint density at radius 3 is 3.05 bits per heavy atom. The highest BCUT2D eigenvalue weighted by molar-refractivity contribution is 7.06. The maximum atomic E-state index is 11.8. The number of ether oxygens (including phenoxy) is 2. The van der Waals surface area contributed by atoms with Crippen molar-refractivity contribution in [1.82, 2.24) is 9.88 Å². The van der Waals surface area contributed by atoms with Gasteiger partial charge in [-0.3, -0.25) is 10.2 Å². The van der Waals surface area contributed by atoms with Crippen LogP contribution in [0.15, 0.2) is 29.8 Å². The van der Waals surface area contributed by atoms with Crippen LogP contribution >= 0.6 is 11.3 Å². The molecule has 3 rings (SSSR count). The van der Waals surface area contributed by atoms with Crippen molar-refractivity contribution in [2.45, 2.75) is 13.1 Å². The summed E-state index contributed by atoms with van der Waals surface area (Å²) in [6.07, 6.45) is 1.73. The Morgan fingerprint density at radius 2 is 2.25 bits per heavy atom. The van der Waals surface area contributed by atoms with Gasteiger partial charge < -0.3 is 19.4 Å². The third-order valence-electron chi connectivity index (χ3n) is 2.92. The molecule has 104 valence electrons. The van der Waals surface area contributed by atoms with E-state index in [1.165, 1.54) is 11.3 Å². The molecule has 0 aliphatic carbocycles. The molecule has 2 heterocycles. The molecule has 1 amide bonds. The van der Waals surface area contributed by atoms with Gasteiger partial charge in [0.1, 0.15) is 6.54 Å². The average molecular weight is 291 g/mol. The third-order valence-corrected chi connectivity index (χ3v) is 3.64. The molecule has 1 aromatic carbocycles. The van der Waals surface area contributed by atoms with Crippen molar-refractivity contribution in [3.63, 3.8) is 0 Å². The van der Waals surface area contributed by atoms with Gasteiger partial charge in [0.15, 0.2) is 16.3 Å². The minimum atomic E-state index is -0.125. The van der Waals surface area contributed by atoms with Gasteiger partial charge >= 0.3 is 0 Å². The van der Waals surface area contributed by atoms with Crippen LogP contribution in [0.5, 0.6) is 11.5 Å². The number of rotatable bonds is 4. The Labute approximate surface area is 119 Å². The minimum Gasteiger partial charge on any atom is -0.454 e. The molecule has 2 aromatic rings. The first-order chi connectivity index (χ1) is 9.72. The summed E-state index contributed by atoms with van der Waals surface area (Å²) in [4.78, 5) is 12.2. The fraction of sp³-hybridized carbons (Fsp3) is 0.231. The normalized spacial score (nSPS) is 12.4. The lowest BCUT2D eigenvalue weighted by molar-refractivity contribution is -0.121. The van der Waals surface area contributed by atoms with E-state index in [1.807, 2.05) is 18.2 Å². The fourth-order valence-electron chi connectivity index (χ4n) is 1.89. The molecule has 1 aliphatic heterocycles. The second-order valence-corrected chi connectivity index (χ2v) is 5.19. The van der Waals surface area contributed by atoms with Crippen molar-refractivity contribution in [3.05, 3.63) is 40.1 Å². The number of aromatic nitrogens is 1. The van der Waals surface area contributed by atoms with Crippen molar-refractivity contribution in [1.29, 1.82) is 5.41 Å². The summed E-state index contributed by atoms with van der Waals surface area (Å²) in [5, 5.41) is 12.2. The molecule has 0 bridgehead atoms. The van der Waals surface area contributed by atoms with E-state index in [2.05, 4.69) is 5.32 Å². The number of hydrogen-bond acceptors (Lipinski definition) is 5. The highest BCUT2D eigenvalue weighted by atomic mass is 32.1. The molecule has 0 fully saturated rings. The zero-order chi connectivity index (χ0) is 13.9. The lowest BCUT2D eigenvalue weighted by Gasteiger charge is -2.06. The summed E-state index contributed by atoms with van der Waals surface area (Å²) in [6.45, 7) is 0.826. The van der Waals surface area contributed by atoms with Crippen LogP contribution in [-0.4, -0.2) is 17.3 Å². The van der Waals surface area contributed by atoms with Crippen LogP contribution in [0, 0.1) is 5.41 Å². The molecule has 1 aliphatic rings. The topological polar surface area (TPSA) is 76.3 Å². The van der Waals surface area contributed by atoms with E-state index in [1.54, 1.807) is 16.1 Å².